The maximum Gasteiger partial charge on any atom is 0.233 e. The number of nitrogens with one attached hydrogen (secondary N) is 1. The third-order valence-corrected chi connectivity index (χ3v) is 1.45. The molecule has 0 fully saturated rings. The summed E-state index contributed by atoms with van der Waals surface area (Å²) in [6.45, 7) is 2.02. The van der Waals surface area contributed by atoms with Crippen molar-refractivity contribution in [1.29, 1.82) is 0 Å². The average molecular weight is 223 g/mol. The van der Waals surface area contributed by atoms with Crippen molar-refractivity contribution in [3.63, 3.8) is 0 Å². The van der Waals surface area contributed by atoms with Crippen molar-refractivity contribution < 1.29 is 9.59 Å². The first kappa shape index (κ1) is 10.4. The second-order valence-electron chi connectivity index (χ2n) is 2.12. The maximum atomic E-state index is 10.8. The van der Waals surface area contributed by atoms with Crippen molar-refractivity contribution in [2.75, 3.05) is 6.54 Å². The highest BCUT2D eigenvalue weighted by Crippen LogP contribution is 1.95. The third-order valence-electron chi connectivity index (χ3n) is 1.03. The smallest absolute Gasteiger partial charge is 0.233 e. The van der Waals surface area contributed by atoms with E-state index in [-0.39, 0.29) is 17.2 Å². The van der Waals surface area contributed by atoms with Gasteiger partial charge in [0.2, 0.25) is 11.8 Å². The minimum Gasteiger partial charge on any atom is -0.370 e. The van der Waals surface area contributed by atoms with E-state index >= 15 is 0 Å². The first-order valence-corrected chi connectivity index (χ1v) is 4.15. The number of carbonyl (C=O) groups is 2. The molecule has 5 heteroatoms. The van der Waals surface area contributed by atoms with Crippen LogP contribution in [0.25, 0.3) is 0 Å². The molecule has 0 bridgehead atoms. The Morgan fingerprint density at radius 3 is 2.55 bits per heavy atom. The summed E-state index contributed by atoms with van der Waals surface area (Å²) in [6, 6.07) is 0. The minimum atomic E-state index is -0.410. The fourth-order valence-electron chi connectivity index (χ4n) is 0.450. The molecule has 0 saturated carbocycles. The third kappa shape index (κ3) is 5.84. The Kier molecular flexibility index (Phi) is 4.85. The zero-order chi connectivity index (χ0) is 8.85. The Morgan fingerprint density at radius 2 is 2.18 bits per heavy atom. The van der Waals surface area contributed by atoms with Crippen LogP contribution in [0.4, 0.5) is 0 Å². The van der Waals surface area contributed by atoms with Gasteiger partial charge in [0.1, 0.15) is 0 Å². The molecule has 0 aromatic carbocycles. The summed E-state index contributed by atoms with van der Waals surface area (Å²) in [5.41, 5.74) is 4.85. The molecule has 0 aliphatic carbocycles. The van der Waals surface area contributed by atoms with Crippen molar-refractivity contribution in [3.8, 4) is 0 Å². The van der Waals surface area contributed by atoms with Gasteiger partial charge in [0.25, 0.3) is 0 Å². The van der Waals surface area contributed by atoms with Crippen molar-refractivity contribution in [2.45, 2.75) is 18.2 Å². The van der Waals surface area contributed by atoms with Crippen molar-refractivity contribution in [2.24, 2.45) is 5.73 Å². The molecular formula is C6H11BrN2O2. The summed E-state index contributed by atoms with van der Waals surface area (Å²) in [4.78, 5) is 20.8. The van der Waals surface area contributed by atoms with Gasteiger partial charge in [-0.1, -0.05) is 15.9 Å². The molecule has 0 aromatic heterocycles. The predicted molar refractivity (Wildman–Crippen MR) is 45.2 cm³/mol. The highest BCUT2D eigenvalue weighted by Gasteiger charge is 2.06. The van der Waals surface area contributed by atoms with Gasteiger partial charge in [0, 0.05) is 13.0 Å². The lowest BCUT2D eigenvalue weighted by Gasteiger charge is -2.03. The molecule has 3 N–H and O–H groups in total. The molecule has 0 heterocycles. The number of alkyl halides is 1. The lowest BCUT2D eigenvalue weighted by atomic mass is 10.4. The van der Waals surface area contributed by atoms with Crippen molar-refractivity contribution in [1.82, 2.24) is 5.32 Å². The van der Waals surface area contributed by atoms with Gasteiger partial charge in [0.15, 0.2) is 0 Å². The summed E-state index contributed by atoms with van der Waals surface area (Å²) in [6.07, 6.45) is 0.186. The monoisotopic (exact) mass is 222 g/mol. The molecule has 0 aliphatic rings. The molecule has 0 saturated heterocycles. The molecule has 0 aromatic rings. The number of amides is 2. The molecule has 11 heavy (non-hydrogen) atoms. The van der Waals surface area contributed by atoms with Gasteiger partial charge in [-0.2, -0.15) is 0 Å². The Bertz CT molecular complexity index is 159. The summed E-state index contributed by atoms with van der Waals surface area (Å²) in [5, 5.41) is 2.53. The van der Waals surface area contributed by atoms with E-state index < -0.39 is 5.91 Å². The highest BCUT2D eigenvalue weighted by molar-refractivity contribution is 9.10. The van der Waals surface area contributed by atoms with Crippen LogP contribution in [0.2, 0.25) is 0 Å². The molecule has 1 unspecified atom stereocenters. The first-order valence-electron chi connectivity index (χ1n) is 3.24. The van der Waals surface area contributed by atoms with Crippen LogP contribution in [0.5, 0.6) is 0 Å². The van der Waals surface area contributed by atoms with E-state index in [0.29, 0.717) is 6.54 Å². The molecule has 0 rings (SSSR count). The lowest BCUT2D eigenvalue weighted by Crippen LogP contribution is -2.32. The van der Waals surface area contributed by atoms with E-state index in [2.05, 4.69) is 21.2 Å². The van der Waals surface area contributed by atoms with E-state index in [1.165, 1.54) is 0 Å². The number of carbonyl (C=O) groups excluding carboxylic acids is 2. The van der Waals surface area contributed by atoms with Crippen LogP contribution in [0, 0.1) is 0 Å². The predicted octanol–water partition coefficient (Wildman–Crippen LogP) is -0.239. The SMILES string of the molecule is CC(Br)C(=O)NCCC(N)=O. The van der Waals surface area contributed by atoms with Crippen molar-refractivity contribution >= 4 is 27.7 Å². The van der Waals surface area contributed by atoms with Gasteiger partial charge >= 0.3 is 0 Å². The van der Waals surface area contributed by atoms with Gasteiger partial charge in [-0.3, -0.25) is 9.59 Å². The summed E-state index contributed by atoms with van der Waals surface area (Å²) in [7, 11) is 0. The van der Waals surface area contributed by atoms with Crippen LogP contribution in [0.3, 0.4) is 0 Å². The second kappa shape index (κ2) is 5.12. The molecule has 2 amide bonds. The Labute approximate surface area is 73.6 Å². The van der Waals surface area contributed by atoms with Crippen LogP contribution in [0.1, 0.15) is 13.3 Å². The van der Waals surface area contributed by atoms with Crippen LogP contribution in [0.15, 0.2) is 0 Å². The van der Waals surface area contributed by atoms with E-state index in [9.17, 15) is 9.59 Å². The van der Waals surface area contributed by atoms with Crippen LogP contribution >= 0.6 is 15.9 Å². The van der Waals surface area contributed by atoms with Crippen molar-refractivity contribution in [3.05, 3.63) is 0 Å². The Balaban J connectivity index is 3.39. The van der Waals surface area contributed by atoms with Crippen LogP contribution in [-0.2, 0) is 9.59 Å². The number of halogens is 1. The largest absolute Gasteiger partial charge is 0.370 e. The number of rotatable bonds is 4. The number of hydrogen-bond acceptors (Lipinski definition) is 2. The fourth-order valence-corrected chi connectivity index (χ4v) is 0.611. The van der Waals surface area contributed by atoms with E-state index in [1.54, 1.807) is 6.92 Å². The Hall–Kier alpha value is -0.580. The summed E-state index contributed by atoms with van der Waals surface area (Å²) in [5.74, 6) is -0.543. The Morgan fingerprint density at radius 1 is 1.64 bits per heavy atom. The molecule has 0 spiro atoms. The standard InChI is InChI=1S/C6H11BrN2O2/c1-4(7)6(11)9-3-2-5(8)10/h4H,2-3H2,1H3,(H2,8,10)(H,9,11). The number of primary amides is 1. The first-order chi connectivity index (χ1) is 5.04. The molecule has 0 radical (unpaired) electrons. The summed E-state index contributed by atoms with van der Waals surface area (Å²) < 4.78 is 0. The maximum absolute atomic E-state index is 10.8. The van der Waals surface area contributed by atoms with E-state index in [4.69, 9.17) is 5.73 Å². The van der Waals surface area contributed by atoms with E-state index in [0.717, 1.165) is 0 Å². The van der Waals surface area contributed by atoms with Gasteiger partial charge in [0.05, 0.1) is 4.83 Å². The van der Waals surface area contributed by atoms with Gasteiger partial charge < -0.3 is 11.1 Å². The van der Waals surface area contributed by atoms with E-state index in [1.807, 2.05) is 0 Å². The van der Waals surface area contributed by atoms with Crippen LogP contribution < -0.4 is 11.1 Å². The van der Waals surface area contributed by atoms with Crippen LogP contribution in [-0.4, -0.2) is 23.2 Å². The molecule has 1 atom stereocenters. The molecule has 4 nitrogen and oxygen atoms in total. The minimum absolute atomic E-state index is 0.133. The quantitative estimate of drug-likeness (QED) is 0.645. The fraction of sp³-hybridized carbons (Fsp3) is 0.667. The normalized spacial score (nSPS) is 12.2. The average Bonchev–Trinajstić information content (AvgIpc) is 1.86. The van der Waals surface area contributed by atoms with Gasteiger partial charge in [-0.15, -0.1) is 0 Å². The zero-order valence-electron chi connectivity index (χ0n) is 6.26. The topological polar surface area (TPSA) is 72.2 Å². The molecule has 0 aliphatic heterocycles. The number of hydrogen-bond donors (Lipinski definition) is 2. The zero-order valence-corrected chi connectivity index (χ0v) is 7.85. The highest BCUT2D eigenvalue weighted by atomic mass is 79.9. The lowest BCUT2D eigenvalue weighted by molar-refractivity contribution is -0.120. The van der Waals surface area contributed by atoms with Gasteiger partial charge in [-0.05, 0) is 6.92 Å². The summed E-state index contributed by atoms with van der Waals surface area (Å²) >= 11 is 3.08. The number of nitrogens with two attached hydrogens (primary N) is 1. The molecule has 64 valence electrons. The second-order valence-corrected chi connectivity index (χ2v) is 3.50. The molecular weight excluding hydrogens is 212 g/mol. The van der Waals surface area contributed by atoms with Gasteiger partial charge in [-0.25, -0.2) is 0 Å².